The molecule has 0 fully saturated rings. The van der Waals surface area contributed by atoms with E-state index in [1.54, 1.807) is 30.2 Å². The Morgan fingerprint density at radius 2 is 1.82 bits per heavy atom. The van der Waals surface area contributed by atoms with Gasteiger partial charge in [0, 0.05) is 36.2 Å². The maximum atomic E-state index is 13.9. The van der Waals surface area contributed by atoms with Crippen molar-refractivity contribution in [3.8, 4) is 17.2 Å². The summed E-state index contributed by atoms with van der Waals surface area (Å²) in [6, 6.07) is 9.91. The highest BCUT2D eigenvalue weighted by molar-refractivity contribution is 5.96. The molecule has 0 aromatic heterocycles. The number of aldehydes is 1. The zero-order valence-corrected chi connectivity index (χ0v) is 25.8. The van der Waals surface area contributed by atoms with Crippen LogP contribution in [0.2, 0.25) is 0 Å². The van der Waals surface area contributed by atoms with Gasteiger partial charge >= 0.3 is 0 Å². The normalized spacial score (nSPS) is 20.1. The van der Waals surface area contributed by atoms with E-state index in [2.05, 4.69) is 12.2 Å². The van der Waals surface area contributed by atoms with Gasteiger partial charge in [0.05, 0.1) is 32.8 Å². The number of hydrogen-bond donors (Lipinski definition) is 3. The van der Waals surface area contributed by atoms with Crippen LogP contribution in [-0.4, -0.2) is 85.4 Å². The number of nitrogens with zero attached hydrogens (tertiary/aromatic N) is 1. The van der Waals surface area contributed by atoms with Gasteiger partial charge in [0.1, 0.15) is 24.2 Å². The predicted molar refractivity (Wildman–Crippen MR) is 165 cm³/mol. The molecule has 4 unspecified atom stereocenters. The molecule has 0 bridgehead atoms. The summed E-state index contributed by atoms with van der Waals surface area (Å²) in [6.07, 6.45) is 5.92. The molecule has 0 spiro atoms. The van der Waals surface area contributed by atoms with Crippen molar-refractivity contribution in [2.24, 2.45) is 0 Å². The number of fused-ring (bicyclic) bond motifs is 3. The second kappa shape index (κ2) is 15.7. The molecule has 4 rings (SSSR count). The number of hydrogen-bond acceptors (Lipinski definition) is 8. The number of carbonyl (C=O) groups is 3. The monoisotopic (exact) mass is 608 g/mol. The van der Waals surface area contributed by atoms with E-state index in [1.165, 1.54) is 7.11 Å². The maximum absolute atomic E-state index is 13.9. The lowest BCUT2D eigenvalue weighted by atomic mass is 9.77. The number of rotatable bonds is 16. The smallest absolute Gasteiger partial charge is 0.247 e. The molecule has 3 N–H and O–H groups in total. The SMILES string of the molecule is CCCCCCCC(=O)N(CCc1ccccc1OC)C1C=C(C(=O)NCCO)C2c3cc(C=O)cc(OC)c3OC2C1O. The maximum Gasteiger partial charge on any atom is 0.247 e. The van der Waals surface area contributed by atoms with Gasteiger partial charge in [-0.15, -0.1) is 0 Å². The number of aliphatic hydroxyl groups is 2. The van der Waals surface area contributed by atoms with Crippen molar-refractivity contribution in [1.29, 1.82) is 0 Å². The van der Waals surface area contributed by atoms with Gasteiger partial charge < -0.3 is 34.6 Å². The number of amides is 2. The van der Waals surface area contributed by atoms with Crippen LogP contribution in [-0.2, 0) is 16.0 Å². The summed E-state index contributed by atoms with van der Waals surface area (Å²) in [6.45, 7) is 2.19. The topological polar surface area (TPSA) is 135 Å². The van der Waals surface area contributed by atoms with Crippen LogP contribution in [0.4, 0.5) is 0 Å². The van der Waals surface area contributed by atoms with Gasteiger partial charge in [-0.3, -0.25) is 14.4 Å². The first-order chi connectivity index (χ1) is 21.4. The molecule has 0 saturated carbocycles. The van der Waals surface area contributed by atoms with Crippen molar-refractivity contribution in [3.05, 3.63) is 64.7 Å². The molecule has 4 atom stereocenters. The fourth-order valence-electron chi connectivity index (χ4n) is 6.17. The average molecular weight is 609 g/mol. The van der Waals surface area contributed by atoms with Crippen molar-refractivity contribution < 1.29 is 38.8 Å². The fourth-order valence-corrected chi connectivity index (χ4v) is 6.17. The molecule has 1 heterocycles. The third kappa shape index (κ3) is 7.25. The van der Waals surface area contributed by atoms with E-state index in [9.17, 15) is 24.6 Å². The molecule has 2 amide bonds. The molecule has 1 aliphatic carbocycles. The van der Waals surface area contributed by atoms with Crippen LogP contribution < -0.4 is 19.5 Å². The second-order valence-corrected chi connectivity index (χ2v) is 11.2. The minimum absolute atomic E-state index is 0.0282. The van der Waals surface area contributed by atoms with Crippen LogP contribution in [0, 0.1) is 0 Å². The van der Waals surface area contributed by atoms with E-state index in [4.69, 9.17) is 14.2 Å². The fraction of sp³-hybridized carbons (Fsp3) is 0.500. The molecule has 238 valence electrons. The Hall–Kier alpha value is -3.89. The minimum atomic E-state index is -1.19. The molecule has 2 aliphatic rings. The Bertz CT molecular complexity index is 1340. The third-order valence-corrected chi connectivity index (χ3v) is 8.40. The summed E-state index contributed by atoms with van der Waals surface area (Å²) < 4.78 is 17.3. The summed E-state index contributed by atoms with van der Waals surface area (Å²) in [5.74, 6) is 0.0710. The lowest BCUT2D eigenvalue weighted by Gasteiger charge is -2.41. The van der Waals surface area contributed by atoms with Gasteiger partial charge in [-0.2, -0.15) is 0 Å². The molecule has 2 aromatic rings. The molecule has 0 saturated heterocycles. The molecule has 2 aromatic carbocycles. The summed E-state index contributed by atoms with van der Waals surface area (Å²) in [7, 11) is 3.06. The van der Waals surface area contributed by atoms with Gasteiger partial charge in [0.2, 0.25) is 11.8 Å². The van der Waals surface area contributed by atoms with Gasteiger partial charge in [-0.05, 0) is 42.7 Å². The van der Waals surface area contributed by atoms with E-state index in [-0.39, 0.29) is 25.6 Å². The number of carbonyl (C=O) groups excluding carboxylic acids is 3. The molecular formula is C34H44N2O8. The Kier molecular flexibility index (Phi) is 11.8. The van der Waals surface area contributed by atoms with E-state index < -0.39 is 30.1 Å². The summed E-state index contributed by atoms with van der Waals surface area (Å²) in [4.78, 5) is 40.8. The van der Waals surface area contributed by atoms with Gasteiger partial charge in [0.15, 0.2) is 11.5 Å². The standard InChI is InChI=1S/C34H44N2O8/c1-4-5-6-7-8-13-29(39)36(16-14-23-11-9-10-12-27(23)42-2)26-20-25(34(41)35-15-17-37)30-24-18-22(21-38)19-28(43-3)32(24)44-33(30)31(26)40/h9-12,18-21,26,30-31,33,37,40H,4-8,13-17H2,1-3H3,(H,35,41). The van der Waals surface area contributed by atoms with Crippen molar-refractivity contribution in [2.75, 3.05) is 33.9 Å². The average Bonchev–Trinajstić information content (AvgIpc) is 3.44. The van der Waals surface area contributed by atoms with Crippen LogP contribution in [0.1, 0.15) is 72.9 Å². The number of methoxy groups -OCH3 is 2. The van der Waals surface area contributed by atoms with Crippen molar-refractivity contribution >= 4 is 18.1 Å². The molecular weight excluding hydrogens is 564 g/mol. The number of para-hydroxylation sites is 1. The molecule has 10 nitrogen and oxygen atoms in total. The van der Waals surface area contributed by atoms with Crippen LogP contribution in [0.15, 0.2) is 48.0 Å². The third-order valence-electron chi connectivity index (χ3n) is 8.40. The van der Waals surface area contributed by atoms with Crippen molar-refractivity contribution in [1.82, 2.24) is 10.2 Å². The van der Waals surface area contributed by atoms with Crippen molar-refractivity contribution in [3.63, 3.8) is 0 Å². The van der Waals surface area contributed by atoms with E-state index in [0.717, 1.165) is 37.7 Å². The summed E-state index contributed by atoms with van der Waals surface area (Å²) in [5.41, 5.74) is 2.09. The number of benzene rings is 2. The largest absolute Gasteiger partial charge is 0.496 e. The molecule has 0 radical (unpaired) electrons. The molecule has 10 heteroatoms. The minimum Gasteiger partial charge on any atom is -0.496 e. The Labute approximate surface area is 259 Å². The first kappa shape index (κ1) is 33.0. The Balaban J connectivity index is 1.73. The first-order valence-electron chi connectivity index (χ1n) is 15.4. The lowest BCUT2D eigenvalue weighted by molar-refractivity contribution is -0.137. The van der Waals surface area contributed by atoms with Crippen LogP contribution in [0.25, 0.3) is 0 Å². The number of unbranched alkanes of at least 4 members (excludes halogenated alkanes) is 4. The lowest BCUT2D eigenvalue weighted by Crippen LogP contribution is -2.56. The van der Waals surface area contributed by atoms with E-state index in [1.807, 2.05) is 24.3 Å². The number of aliphatic hydroxyl groups excluding tert-OH is 2. The van der Waals surface area contributed by atoms with Crippen LogP contribution >= 0.6 is 0 Å². The molecule has 44 heavy (non-hydrogen) atoms. The van der Waals surface area contributed by atoms with Gasteiger partial charge in [-0.1, -0.05) is 50.8 Å². The van der Waals surface area contributed by atoms with Crippen LogP contribution in [0.3, 0.4) is 0 Å². The van der Waals surface area contributed by atoms with Gasteiger partial charge in [-0.25, -0.2) is 0 Å². The number of ether oxygens (including phenoxy) is 3. The highest BCUT2D eigenvalue weighted by atomic mass is 16.5. The van der Waals surface area contributed by atoms with Crippen LogP contribution in [0.5, 0.6) is 17.2 Å². The number of nitrogens with one attached hydrogen (secondary N) is 1. The molecule has 1 aliphatic heterocycles. The Morgan fingerprint density at radius 3 is 2.52 bits per heavy atom. The first-order valence-corrected chi connectivity index (χ1v) is 15.4. The van der Waals surface area contributed by atoms with E-state index in [0.29, 0.717) is 53.1 Å². The predicted octanol–water partition coefficient (Wildman–Crippen LogP) is 3.57. The summed E-state index contributed by atoms with van der Waals surface area (Å²) in [5, 5.41) is 24.0. The van der Waals surface area contributed by atoms with Crippen molar-refractivity contribution in [2.45, 2.75) is 76.0 Å². The highest BCUT2D eigenvalue weighted by Gasteiger charge is 2.51. The van der Waals surface area contributed by atoms with E-state index >= 15 is 0 Å². The Morgan fingerprint density at radius 1 is 1.07 bits per heavy atom. The zero-order valence-electron chi connectivity index (χ0n) is 25.8. The zero-order chi connectivity index (χ0) is 31.6. The summed E-state index contributed by atoms with van der Waals surface area (Å²) >= 11 is 0. The highest BCUT2D eigenvalue weighted by Crippen LogP contribution is 2.51. The quantitative estimate of drug-likeness (QED) is 0.195. The second-order valence-electron chi connectivity index (χ2n) is 11.2. The van der Waals surface area contributed by atoms with Gasteiger partial charge in [0.25, 0.3) is 0 Å².